The van der Waals surface area contributed by atoms with Gasteiger partial charge >= 0.3 is 0 Å². The molecule has 1 heterocycles. The van der Waals surface area contributed by atoms with Crippen molar-refractivity contribution in [2.24, 2.45) is 0 Å². The van der Waals surface area contributed by atoms with Crippen LogP contribution in [0.15, 0.2) is 0 Å². The molecule has 0 saturated heterocycles. The number of thioether (sulfide) groups is 1. The Hall–Kier alpha value is -0.950. The molecule has 0 aromatic carbocycles. The first-order chi connectivity index (χ1) is 9.08. The van der Waals surface area contributed by atoms with Crippen LogP contribution in [0.2, 0.25) is 0 Å². The van der Waals surface area contributed by atoms with Gasteiger partial charge in [0, 0.05) is 18.3 Å². The molecule has 0 fully saturated rings. The molecule has 1 aromatic heterocycles. The van der Waals surface area contributed by atoms with Gasteiger partial charge in [0.2, 0.25) is 0 Å². The van der Waals surface area contributed by atoms with Crippen molar-refractivity contribution in [2.45, 2.75) is 31.9 Å². The molecule has 0 bridgehead atoms. The number of amides is 1. The van der Waals surface area contributed by atoms with Crippen molar-refractivity contribution in [3.05, 3.63) is 4.88 Å². The first-order valence-electron chi connectivity index (χ1n) is 6.39. The summed E-state index contributed by atoms with van der Waals surface area (Å²) in [5, 5.41) is 7.28. The zero-order chi connectivity index (χ0) is 14.3. The van der Waals surface area contributed by atoms with Crippen LogP contribution in [0, 0.1) is 0 Å². The van der Waals surface area contributed by atoms with Gasteiger partial charge in [0.25, 0.3) is 5.91 Å². The number of thiazole rings is 1. The average molecular weight is 302 g/mol. The third-order valence-electron chi connectivity index (χ3n) is 2.62. The Morgan fingerprint density at radius 2 is 2.26 bits per heavy atom. The largest absolute Gasteiger partial charge is 0.382 e. The van der Waals surface area contributed by atoms with Gasteiger partial charge in [0.1, 0.15) is 10.7 Å². The van der Waals surface area contributed by atoms with Gasteiger partial charge in [-0.05, 0) is 19.1 Å². The van der Waals surface area contributed by atoms with Crippen LogP contribution in [-0.4, -0.2) is 35.5 Å². The molecule has 108 valence electrons. The summed E-state index contributed by atoms with van der Waals surface area (Å²) in [5.41, 5.74) is 5.77. The molecule has 1 atom stereocenters. The molecule has 5 nitrogen and oxygen atoms in total. The van der Waals surface area contributed by atoms with Crippen LogP contribution in [0.4, 0.5) is 10.9 Å². The molecule has 0 saturated carbocycles. The summed E-state index contributed by atoms with van der Waals surface area (Å²) in [6.07, 6.45) is 4.03. The Morgan fingerprint density at radius 1 is 1.53 bits per heavy atom. The van der Waals surface area contributed by atoms with Gasteiger partial charge in [-0.1, -0.05) is 25.2 Å². The molecule has 1 unspecified atom stereocenters. The highest BCUT2D eigenvalue weighted by Crippen LogP contribution is 2.24. The lowest BCUT2D eigenvalue weighted by molar-refractivity contribution is 0.0958. The lowest BCUT2D eigenvalue weighted by Crippen LogP contribution is -2.25. The van der Waals surface area contributed by atoms with Crippen LogP contribution < -0.4 is 16.4 Å². The van der Waals surface area contributed by atoms with E-state index in [1.54, 1.807) is 11.8 Å². The van der Waals surface area contributed by atoms with Crippen molar-refractivity contribution in [1.29, 1.82) is 0 Å². The molecule has 4 N–H and O–H groups in total. The van der Waals surface area contributed by atoms with Gasteiger partial charge in [0.15, 0.2) is 5.13 Å². The van der Waals surface area contributed by atoms with Gasteiger partial charge < -0.3 is 16.4 Å². The maximum atomic E-state index is 12.0. The number of aromatic nitrogens is 1. The summed E-state index contributed by atoms with van der Waals surface area (Å²) in [4.78, 5) is 16.6. The molecule has 1 aromatic rings. The van der Waals surface area contributed by atoms with E-state index in [0.29, 0.717) is 27.6 Å². The minimum Gasteiger partial charge on any atom is -0.382 e. The summed E-state index contributed by atoms with van der Waals surface area (Å²) < 4.78 is 0. The fourth-order valence-electron chi connectivity index (χ4n) is 1.39. The van der Waals surface area contributed by atoms with Crippen molar-refractivity contribution in [1.82, 2.24) is 10.3 Å². The van der Waals surface area contributed by atoms with Gasteiger partial charge in [-0.2, -0.15) is 11.8 Å². The van der Waals surface area contributed by atoms with Crippen molar-refractivity contribution >= 4 is 40.0 Å². The normalized spacial score (nSPS) is 12.2. The summed E-state index contributed by atoms with van der Waals surface area (Å²) in [6, 6.07) is 0. The number of anilines is 2. The molecule has 7 heteroatoms. The van der Waals surface area contributed by atoms with Gasteiger partial charge in [-0.15, -0.1) is 0 Å². The fourth-order valence-corrected chi connectivity index (χ4v) is 2.57. The van der Waals surface area contributed by atoms with Crippen molar-refractivity contribution in [3.63, 3.8) is 0 Å². The number of hydrogen-bond donors (Lipinski definition) is 3. The quantitative estimate of drug-likeness (QED) is 0.687. The summed E-state index contributed by atoms with van der Waals surface area (Å²) >= 11 is 3.10. The molecule has 1 amide bonds. The minimum absolute atomic E-state index is 0.132. The summed E-state index contributed by atoms with van der Waals surface area (Å²) in [5.74, 6) is 0.173. The van der Waals surface area contributed by atoms with E-state index in [4.69, 9.17) is 5.73 Å². The van der Waals surface area contributed by atoms with E-state index in [2.05, 4.69) is 35.7 Å². The number of carbonyl (C=O) groups is 1. The Balaban J connectivity index is 2.49. The van der Waals surface area contributed by atoms with Crippen LogP contribution in [0.3, 0.4) is 0 Å². The zero-order valence-electron chi connectivity index (χ0n) is 11.7. The smallest absolute Gasteiger partial charge is 0.265 e. The third-order valence-corrected chi connectivity index (χ3v) is 4.69. The minimum atomic E-state index is -0.132. The number of nitrogen functional groups attached to an aromatic ring is 1. The first kappa shape index (κ1) is 16.1. The predicted octanol–water partition coefficient (Wildman–Crippen LogP) is 2.42. The van der Waals surface area contributed by atoms with Gasteiger partial charge in [0.05, 0.1) is 0 Å². The number of nitrogens with two attached hydrogens (primary N) is 1. The van der Waals surface area contributed by atoms with Crippen molar-refractivity contribution < 1.29 is 4.79 Å². The van der Waals surface area contributed by atoms with E-state index in [1.165, 1.54) is 11.3 Å². The monoisotopic (exact) mass is 302 g/mol. The van der Waals surface area contributed by atoms with Crippen LogP contribution in [-0.2, 0) is 0 Å². The SMILES string of the molecule is CCCNc1nc(N)c(C(=O)NCCC(C)SC)s1. The topological polar surface area (TPSA) is 80.0 Å². The van der Waals surface area contributed by atoms with E-state index in [9.17, 15) is 4.79 Å². The average Bonchev–Trinajstić information content (AvgIpc) is 2.77. The molecule has 0 aliphatic carbocycles. The van der Waals surface area contributed by atoms with Crippen molar-refractivity contribution in [2.75, 3.05) is 30.4 Å². The van der Waals surface area contributed by atoms with Crippen LogP contribution in [0.25, 0.3) is 0 Å². The van der Waals surface area contributed by atoms with E-state index in [-0.39, 0.29) is 5.91 Å². The zero-order valence-corrected chi connectivity index (χ0v) is 13.3. The highest BCUT2D eigenvalue weighted by atomic mass is 32.2. The molecule has 0 radical (unpaired) electrons. The van der Waals surface area contributed by atoms with E-state index in [0.717, 1.165) is 19.4 Å². The number of carbonyl (C=O) groups excluding carboxylic acids is 1. The lowest BCUT2D eigenvalue weighted by Gasteiger charge is -2.08. The van der Waals surface area contributed by atoms with Crippen LogP contribution >= 0.6 is 23.1 Å². The summed E-state index contributed by atoms with van der Waals surface area (Å²) in [6.45, 7) is 5.71. The number of nitrogens with one attached hydrogen (secondary N) is 2. The maximum absolute atomic E-state index is 12.0. The second kappa shape index (κ2) is 8.27. The Labute approximate surface area is 122 Å². The predicted molar refractivity (Wildman–Crippen MR) is 85.2 cm³/mol. The fraction of sp³-hybridized carbons (Fsp3) is 0.667. The molecular formula is C12H22N4OS2. The Bertz CT molecular complexity index is 408. The highest BCUT2D eigenvalue weighted by molar-refractivity contribution is 7.99. The van der Waals surface area contributed by atoms with Crippen LogP contribution in [0.5, 0.6) is 0 Å². The maximum Gasteiger partial charge on any atom is 0.265 e. The second-order valence-corrected chi connectivity index (χ2v) is 6.53. The van der Waals surface area contributed by atoms with E-state index < -0.39 is 0 Å². The van der Waals surface area contributed by atoms with E-state index in [1.807, 2.05) is 0 Å². The van der Waals surface area contributed by atoms with Crippen LogP contribution in [0.1, 0.15) is 36.4 Å². The summed E-state index contributed by atoms with van der Waals surface area (Å²) in [7, 11) is 0. The molecule has 0 aliphatic rings. The molecule has 0 aliphatic heterocycles. The Morgan fingerprint density at radius 3 is 2.89 bits per heavy atom. The number of nitrogens with zero attached hydrogens (tertiary/aromatic N) is 1. The molecule has 0 spiro atoms. The standard InChI is InChI=1S/C12H22N4OS2/c1-4-6-15-12-16-10(13)9(19-12)11(17)14-7-5-8(2)18-3/h8H,4-7,13H2,1-3H3,(H,14,17)(H,15,16). The molecular weight excluding hydrogens is 280 g/mol. The Kier molecular flexibility index (Phi) is 7.01. The third kappa shape index (κ3) is 5.28. The van der Waals surface area contributed by atoms with Gasteiger partial charge in [-0.25, -0.2) is 4.98 Å². The number of rotatable bonds is 8. The van der Waals surface area contributed by atoms with Crippen molar-refractivity contribution in [3.8, 4) is 0 Å². The lowest BCUT2D eigenvalue weighted by atomic mass is 10.3. The van der Waals surface area contributed by atoms with Gasteiger partial charge in [-0.3, -0.25) is 4.79 Å². The molecule has 1 rings (SSSR count). The first-order valence-corrected chi connectivity index (χ1v) is 8.50. The number of hydrogen-bond acceptors (Lipinski definition) is 6. The second-order valence-electron chi connectivity index (χ2n) is 4.25. The molecule has 19 heavy (non-hydrogen) atoms. The van der Waals surface area contributed by atoms with E-state index >= 15 is 0 Å². The highest BCUT2D eigenvalue weighted by Gasteiger charge is 2.15.